The highest BCUT2D eigenvalue weighted by molar-refractivity contribution is 7.89. The summed E-state index contributed by atoms with van der Waals surface area (Å²) in [6, 6.07) is 6.53. The predicted octanol–water partition coefficient (Wildman–Crippen LogP) is 3.12. The summed E-state index contributed by atoms with van der Waals surface area (Å²) < 4.78 is 44.3. The summed E-state index contributed by atoms with van der Waals surface area (Å²) in [7, 11) is -3.79. The number of morpholine rings is 1. The molecule has 0 aliphatic carbocycles. The highest BCUT2D eigenvalue weighted by atomic mass is 35.5. The molecule has 1 aromatic carbocycles. The molecule has 0 radical (unpaired) electrons. The Labute approximate surface area is 194 Å². The topological polar surface area (TPSA) is 111 Å². The van der Waals surface area contributed by atoms with Crippen LogP contribution in [0.15, 0.2) is 30.5 Å². The number of aromatic nitrogens is 3. The van der Waals surface area contributed by atoms with Gasteiger partial charge in [0.25, 0.3) is 0 Å². The fourth-order valence-corrected chi connectivity index (χ4v) is 5.02. The standard InChI is InChI=1S/C20H21ClFN5O3S2/c1-12(32(23,28)29)11-13-3-2-4-14(16(13)22)17-18(15-5-6-24-19(21)25-15)31-20(26-17)27-7-9-30-10-8-27/h2-6,12H,7-11H2,1H3,(H2,23,28,29). The summed E-state index contributed by atoms with van der Waals surface area (Å²) in [5.74, 6) is -0.539. The summed E-state index contributed by atoms with van der Waals surface area (Å²) >= 11 is 7.38. The van der Waals surface area contributed by atoms with Crippen molar-refractivity contribution in [1.82, 2.24) is 15.0 Å². The molecule has 0 saturated carbocycles. The third-order valence-corrected chi connectivity index (χ3v) is 7.77. The highest BCUT2D eigenvalue weighted by Gasteiger charge is 2.25. The molecule has 1 saturated heterocycles. The minimum atomic E-state index is -3.79. The number of sulfonamides is 1. The van der Waals surface area contributed by atoms with E-state index in [9.17, 15) is 8.42 Å². The van der Waals surface area contributed by atoms with Gasteiger partial charge < -0.3 is 9.64 Å². The summed E-state index contributed by atoms with van der Waals surface area (Å²) in [4.78, 5) is 15.7. The van der Waals surface area contributed by atoms with E-state index >= 15 is 4.39 Å². The lowest BCUT2D eigenvalue weighted by molar-refractivity contribution is 0.122. The van der Waals surface area contributed by atoms with Crippen molar-refractivity contribution in [3.8, 4) is 21.8 Å². The molecule has 1 aliphatic rings. The first-order valence-corrected chi connectivity index (χ1v) is 12.7. The van der Waals surface area contributed by atoms with E-state index in [4.69, 9.17) is 26.5 Å². The number of primary sulfonamides is 1. The molecule has 12 heteroatoms. The van der Waals surface area contributed by atoms with Gasteiger partial charge in [-0.05, 0) is 42.6 Å². The van der Waals surface area contributed by atoms with Crippen LogP contribution in [0.4, 0.5) is 9.52 Å². The Morgan fingerprint density at radius 3 is 2.72 bits per heavy atom. The van der Waals surface area contributed by atoms with Crippen LogP contribution in [0.2, 0.25) is 5.28 Å². The first-order valence-electron chi connectivity index (χ1n) is 9.86. The first-order chi connectivity index (χ1) is 15.2. The maximum absolute atomic E-state index is 15.6. The van der Waals surface area contributed by atoms with Gasteiger partial charge in [0, 0.05) is 24.8 Å². The zero-order valence-electron chi connectivity index (χ0n) is 17.2. The molecule has 3 heterocycles. The average Bonchev–Trinajstić information content (AvgIpc) is 3.20. The number of nitrogens with zero attached hydrogens (tertiary/aromatic N) is 4. The van der Waals surface area contributed by atoms with Crippen LogP contribution < -0.4 is 10.0 Å². The van der Waals surface area contributed by atoms with Crippen LogP contribution in [0.3, 0.4) is 0 Å². The van der Waals surface area contributed by atoms with Crippen molar-refractivity contribution in [1.29, 1.82) is 0 Å². The number of ether oxygens (including phenoxy) is 1. The van der Waals surface area contributed by atoms with Gasteiger partial charge in [-0.15, -0.1) is 0 Å². The van der Waals surface area contributed by atoms with Gasteiger partial charge in [0.1, 0.15) is 5.82 Å². The van der Waals surface area contributed by atoms with E-state index < -0.39 is 21.1 Å². The third kappa shape index (κ3) is 4.91. The fourth-order valence-electron chi connectivity index (χ4n) is 3.36. The Kier molecular flexibility index (Phi) is 6.72. The fraction of sp³-hybridized carbons (Fsp3) is 0.350. The van der Waals surface area contributed by atoms with Crippen LogP contribution in [0.25, 0.3) is 21.8 Å². The molecule has 2 N–H and O–H groups in total. The van der Waals surface area contributed by atoms with Crippen molar-refractivity contribution in [3.05, 3.63) is 47.1 Å². The normalized spacial score (nSPS) is 15.7. The Hall–Kier alpha value is -2.18. The second-order valence-electron chi connectivity index (χ2n) is 7.37. The van der Waals surface area contributed by atoms with Crippen LogP contribution in [0, 0.1) is 5.82 Å². The summed E-state index contributed by atoms with van der Waals surface area (Å²) in [6.45, 7) is 3.96. The van der Waals surface area contributed by atoms with Gasteiger partial charge in [0.05, 0.1) is 34.7 Å². The zero-order valence-corrected chi connectivity index (χ0v) is 19.6. The van der Waals surface area contributed by atoms with Gasteiger partial charge in [-0.3, -0.25) is 0 Å². The lowest BCUT2D eigenvalue weighted by atomic mass is 10.0. The molecule has 1 atom stereocenters. The second-order valence-corrected chi connectivity index (χ2v) is 10.7. The van der Waals surface area contributed by atoms with Crippen LogP contribution in [-0.2, 0) is 21.2 Å². The SMILES string of the molecule is CC(Cc1cccc(-c2nc(N3CCOCC3)sc2-c2ccnc(Cl)n2)c1F)S(N)(=O)=O. The van der Waals surface area contributed by atoms with Gasteiger partial charge in [-0.2, -0.15) is 0 Å². The lowest BCUT2D eigenvalue weighted by Crippen LogP contribution is -2.36. The largest absolute Gasteiger partial charge is 0.378 e. The smallest absolute Gasteiger partial charge is 0.222 e. The number of rotatable bonds is 6. The number of anilines is 1. The van der Waals surface area contributed by atoms with Gasteiger partial charge in [-0.25, -0.2) is 32.9 Å². The van der Waals surface area contributed by atoms with E-state index in [1.165, 1.54) is 24.5 Å². The molecule has 170 valence electrons. The zero-order chi connectivity index (χ0) is 22.9. The Morgan fingerprint density at radius 1 is 1.28 bits per heavy atom. The second kappa shape index (κ2) is 9.36. The van der Waals surface area contributed by atoms with Crippen LogP contribution in [-0.4, -0.2) is 54.9 Å². The van der Waals surface area contributed by atoms with E-state index in [0.717, 1.165) is 5.13 Å². The predicted molar refractivity (Wildman–Crippen MR) is 123 cm³/mol. The number of hydrogen-bond acceptors (Lipinski definition) is 8. The number of thiazole rings is 1. The monoisotopic (exact) mass is 497 g/mol. The van der Waals surface area contributed by atoms with Gasteiger partial charge in [0.15, 0.2) is 5.13 Å². The molecular formula is C20H21ClFN5O3S2. The highest BCUT2D eigenvalue weighted by Crippen LogP contribution is 2.41. The number of halogens is 2. The van der Waals surface area contributed by atoms with Crippen molar-refractivity contribution in [2.45, 2.75) is 18.6 Å². The van der Waals surface area contributed by atoms with Crippen LogP contribution >= 0.6 is 22.9 Å². The van der Waals surface area contributed by atoms with E-state index in [0.29, 0.717) is 42.6 Å². The van der Waals surface area contributed by atoms with Crippen molar-refractivity contribution >= 4 is 38.1 Å². The van der Waals surface area contributed by atoms with Crippen molar-refractivity contribution < 1.29 is 17.5 Å². The third-order valence-electron chi connectivity index (χ3n) is 5.16. The molecule has 8 nitrogen and oxygen atoms in total. The van der Waals surface area contributed by atoms with Crippen molar-refractivity contribution in [3.63, 3.8) is 0 Å². The minimum Gasteiger partial charge on any atom is -0.378 e. The summed E-state index contributed by atoms with van der Waals surface area (Å²) in [5, 5.41) is 5.09. The summed E-state index contributed by atoms with van der Waals surface area (Å²) in [5.41, 5.74) is 1.44. The van der Waals surface area contributed by atoms with Crippen molar-refractivity contribution in [2.24, 2.45) is 5.14 Å². The lowest BCUT2D eigenvalue weighted by Gasteiger charge is -2.26. The van der Waals surface area contributed by atoms with Crippen LogP contribution in [0.5, 0.6) is 0 Å². The molecule has 0 bridgehead atoms. The van der Waals surface area contributed by atoms with Crippen molar-refractivity contribution in [2.75, 3.05) is 31.2 Å². The molecule has 0 spiro atoms. The average molecular weight is 498 g/mol. The van der Waals surface area contributed by atoms with E-state index in [1.54, 1.807) is 24.3 Å². The summed E-state index contributed by atoms with van der Waals surface area (Å²) in [6.07, 6.45) is 1.48. The molecular weight excluding hydrogens is 477 g/mol. The Bertz CT molecular complexity index is 1230. The van der Waals surface area contributed by atoms with Crippen LogP contribution in [0.1, 0.15) is 12.5 Å². The molecule has 3 aromatic rings. The molecule has 1 aliphatic heterocycles. The molecule has 0 amide bonds. The molecule has 4 rings (SSSR count). The number of nitrogens with two attached hydrogens (primary N) is 1. The molecule has 1 unspecified atom stereocenters. The number of benzene rings is 1. The van der Waals surface area contributed by atoms with E-state index in [-0.39, 0.29) is 22.8 Å². The Morgan fingerprint density at radius 2 is 2.03 bits per heavy atom. The maximum Gasteiger partial charge on any atom is 0.222 e. The van der Waals surface area contributed by atoms with Gasteiger partial charge in [-0.1, -0.05) is 23.5 Å². The van der Waals surface area contributed by atoms with Gasteiger partial charge >= 0.3 is 0 Å². The van der Waals surface area contributed by atoms with E-state index in [1.807, 2.05) is 0 Å². The first kappa shape index (κ1) is 23.0. The van der Waals surface area contributed by atoms with E-state index in [2.05, 4.69) is 14.9 Å². The quantitative estimate of drug-likeness (QED) is 0.521. The minimum absolute atomic E-state index is 0.0480. The number of hydrogen-bond donors (Lipinski definition) is 1. The Balaban J connectivity index is 1.81. The maximum atomic E-state index is 15.6. The molecule has 32 heavy (non-hydrogen) atoms. The van der Waals surface area contributed by atoms with Gasteiger partial charge in [0.2, 0.25) is 15.3 Å². The molecule has 1 fully saturated rings. The molecule has 2 aromatic heterocycles.